The molecule has 2 N–H and O–H groups in total. The molecule has 0 atom stereocenters. The van der Waals surface area contributed by atoms with Gasteiger partial charge in [-0.25, -0.2) is 14.6 Å². The summed E-state index contributed by atoms with van der Waals surface area (Å²) in [6.07, 6.45) is 1.35. The van der Waals surface area contributed by atoms with Gasteiger partial charge in [-0.15, -0.1) is 0 Å². The van der Waals surface area contributed by atoms with Gasteiger partial charge >= 0.3 is 11.7 Å². The Bertz CT molecular complexity index is 1480. The number of nitrogens with zero attached hydrogens (tertiary/aromatic N) is 3. The SMILES string of the molecule is CCn1c(=O)cc(Nc2ccc(Oc3ccnc(C(=O)O)c3)cc2)n(Cc2ccc(Cl)cc2)c1=O. The van der Waals surface area contributed by atoms with Crippen molar-refractivity contribution in [3.63, 3.8) is 0 Å². The molecular weight excluding hydrogens is 472 g/mol. The number of halogens is 1. The van der Waals surface area contributed by atoms with E-state index in [2.05, 4.69) is 10.3 Å². The molecule has 35 heavy (non-hydrogen) atoms. The number of rotatable bonds is 8. The first-order chi connectivity index (χ1) is 16.8. The maximum Gasteiger partial charge on any atom is 0.354 e. The third kappa shape index (κ3) is 5.59. The van der Waals surface area contributed by atoms with E-state index in [1.165, 1.54) is 22.9 Å². The fourth-order valence-corrected chi connectivity index (χ4v) is 3.54. The number of hydrogen-bond acceptors (Lipinski definition) is 6. The molecular formula is C25H21ClN4O5. The van der Waals surface area contributed by atoms with Crippen molar-refractivity contribution in [1.29, 1.82) is 0 Å². The molecule has 4 rings (SSSR count). The van der Waals surface area contributed by atoms with E-state index < -0.39 is 17.2 Å². The third-order valence-corrected chi connectivity index (χ3v) is 5.41. The Hall–Kier alpha value is -4.37. The van der Waals surface area contributed by atoms with Crippen molar-refractivity contribution in [3.8, 4) is 11.5 Å². The highest BCUT2D eigenvalue weighted by Gasteiger charge is 2.12. The number of benzene rings is 2. The van der Waals surface area contributed by atoms with Gasteiger partial charge in [0.05, 0.1) is 6.54 Å². The lowest BCUT2D eigenvalue weighted by Gasteiger charge is -2.17. The summed E-state index contributed by atoms with van der Waals surface area (Å²) >= 11 is 5.97. The fraction of sp³-hybridized carbons (Fsp3) is 0.120. The van der Waals surface area contributed by atoms with Crippen molar-refractivity contribution in [1.82, 2.24) is 14.1 Å². The van der Waals surface area contributed by atoms with Gasteiger partial charge in [0, 0.05) is 35.6 Å². The molecule has 0 fully saturated rings. The second-order valence-electron chi connectivity index (χ2n) is 7.54. The number of carboxylic acids is 1. The molecule has 0 aliphatic heterocycles. The van der Waals surface area contributed by atoms with Crippen LogP contribution in [-0.4, -0.2) is 25.2 Å². The Kier molecular flexibility index (Phi) is 6.98. The number of pyridine rings is 1. The molecule has 0 amide bonds. The molecule has 0 saturated carbocycles. The minimum atomic E-state index is -1.15. The molecule has 0 aliphatic rings. The van der Waals surface area contributed by atoms with Gasteiger partial charge in [0.1, 0.15) is 17.3 Å². The minimum Gasteiger partial charge on any atom is -0.477 e. The van der Waals surface area contributed by atoms with Crippen LogP contribution in [0.15, 0.2) is 82.5 Å². The second-order valence-corrected chi connectivity index (χ2v) is 7.98. The van der Waals surface area contributed by atoms with Crippen LogP contribution in [0.2, 0.25) is 5.02 Å². The molecule has 0 aliphatic carbocycles. The number of hydrogen-bond donors (Lipinski definition) is 2. The third-order valence-electron chi connectivity index (χ3n) is 5.16. The Morgan fingerprint density at radius 2 is 1.71 bits per heavy atom. The molecule has 9 nitrogen and oxygen atoms in total. The maximum atomic E-state index is 13.0. The summed E-state index contributed by atoms with van der Waals surface area (Å²) in [4.78, 5) is 40.4. The van der Waals surface area contributed by atoms with Gasteiger partial charge in [-0.05, 0) is 55.0 Å². The number of carbonyl (C=O) groups is 1. The monoisotopic (exact) mass is 492 g/mol. The first-order valence-corrected chi connectivity index (χ1v) is 11.0. The van der Waals surface area contributed by atoms with Crippen LogP contribution < -0.4 is 21.3 Å². The predicted molar refractivity (Wildman–Crippen MR) is 132 cm³/mol. The van der Waals surface area contributed by atoms with E-state index in [1.54, 1.807) is 49.4 Å². The zero-order chi connectivity index (χ0) is 24.9. The summed E-state index contributed by atoms with van der Waals surface area (Å²) < 4.78 is 8.36. The Balaban J connectivity index is 1.60. The Morgan fingerprint density at radius 1 is 1.00 bits per heavy atom. The van der Waals surface area contributed by atoms with Crippen LogP contribution >= 0.6 is 11.6 Å². The van der Waals surface area contributed by atoms with Gasteiger partial charge in [0.2, 0.25) is 0 Å². The molecule has 4 aromatic rings. The zero-order valence-electron chi connectivity index (χ0n) is 18.6. The summed E-state index contributed by atoms with van der Waals surface area (Å²) in [5.74, 6) is -0.00525. The van der Waals surface area contributed by atoms with Gasteiger partial charge in [-0.1, -0.05) is 23.7 Å². The molecule has 0 saturated heterocycles. The van der Waals surface area contributed by atoms with Gasteiger partial charge in [0.25, 0.3) is 5.56 Å². The molecule has 2 heterocycles. The standard InChI is InChI=1S/C25H21ClN4O5/c1-2-29-23(31)14-22(30(25(29)34)15-16-3-5-17(26)6-4-16)28-18-7-9-19(10-8-18)35-20-11-12-27-21(13-20)24(32)33/h3-14,28H,2,15H2,1H3,(H,32,33). The number of aromatic nitrogens is 3. The summed E-state index contributed by atoms with van der Waals surface area (Å²) in [7, 11) is 0. The molecule has 0 spiro atoms. The smallest absolute Gasteiger partial charge is 0.354 e. The number of anilines is 2. The average molecular weight is 493 g/mol. The molecule has 0 unspecified atom stereocenters. The molecule has 178 valence electrons. The van der Waals surface area contributed by atoms with Crippen LogP contribution in [0.1, 0.15) is 23.0 Å². The topological polar surface area (TPSA) is 115 Å². The highest BCUT2D eigenvalue weighted by Crippen LogP contribution is 2.24. The lowest BCUT2D eigenvalue weighted by atomic mass is 10.2. The van der Waals surface area contributed by atoms with Gasteiger partial charge in [-0.2, -0.15) is 0 Å². The maximum absolute atomic E-state index is 13.0. The summed E-state index contributed by atoms with van der Waals surface area (Å²) in [5.41, 5.74) is 0.517. The van der Waals surface area contributed by atoms with Crippen molar-refractivity contribution < 1.29 is 14.6 Å². The highest BCUT2D eigenvalue weighted by molar-refractivity contribution is 6.30. The molecule has 2 aromatic heterocycles. The van der Waals surface area contributed by atoms with Crippen molar-refractivity contribution in [3.05, 3.63) is 110 Å². The van der Waals surface area contributed by atoms with Crippen LogP contribution in [0, 0.1) is 0 Å². The molecule has 10 heteroatoms. The number of aromatic carboxylic acids is 1. The van der Waals surface area contributed by atoms with Gasteiger partial charge in [-0.3, -0.25) is 13.9 Å². The van der Waals surface area contributed by atoms with Crippen LogP contribution in [0.25, 0.3) is 0 Å². The fourth-order valence-electron chi connectivity index (χ4n) is 3.42. The van der Waals surface area contributed by atoms with Crippen LogP contribution in [0.4, 0.5) is 11.5 Å². The number of ether oxygens (including phenoxy) is 1. The van der Waals surface area contributed by atoms with Crippen LogP contribution in [0.5, 0.6) is 11.5 Å². The number of nitrogens with one attached hydrogen (secondary N) is 1. The van der Waals surface area contributed by atoms with E-state index in [4.69, 9.17) is 21.4 Å². The van der Waals surface area contributed by atoms with Crippen LogP contribution in [-0.2, 0) is 13.1 Å². The predicted octanol–water partition coefficient (Wildman–Crippen LogP) is 4.36. The molecule has 0 radical (unpaired) electrons. The molecule has 2 aromatic carbocycles. The van der Waals surface area contributed by atoms with E-state index in [0.717, 1.165) is 10.1 Å². The lowest BCUT2D eigenvalue weighted by molar-refractivity contribution is 0.0690. The summed E-state index contributed by atoms with van der Waals surface area (Å²) in [6.45, 7) is 2.24. The Labute approximate surface area is 204 Å². The number of carboxylic acid groups (broad SMARTS) is 1. The summed E-state index contributed by atoms with van der Waals surface area (Å²) in [5, 5.41) is 12.8. The van der Waals surface area contributed by atoms with E-state index in [0.29, 0.717) is 28.0 Å². The van der Waals surface area contributed by atoms with Gasteiger partial charge in [0.15, 0.2) is 5.69 Å². The first kappa shape index (κ1) is 23.8. The van der Waals surface area contributed by atoms with Crippen molar-refractivity contribution in [2.45, 2.75) is 20.0 Å². The van der Waals surface area contributed by atoms with E-state index >= 15 is 0 Å². The quantitative estimate of drug-likeness (QED) is 0.375. The van der Waals surface area contributed by atoms with E-state index in [9.17, 15) is 14.4 Å². The zero-order valence-corrected chi connectivity index (χ0v) is 19.4. The average Bonchev–Trinajstić information content (AvgIpc) is 2.84. The second kappa shape index (κ2) is 10.3. The minimum absolute atomic E-state index is 0.124. The largest absolute Gasteiger partial charge is 0.477 e. The highest BCUT2D eigenvalue weighted by atomic mass is 35.5. The van der Waals surface area contributed by atoms with Crippen molar-refractivity contribution in [2.75, 3.05) is 5.32 Å². The van der Waals surface area contributed by atoms with E-state index in [1.807, 2.05) is 12.1 Å². The van der Waals surface area contributed by atoms with Crippen molar-refractivity contribution >= 4 is 29.1 Å². The van der Waals surface area contributed by atoms with Crippen molar-refractivity contribution in [2.24, 2.45) is 0 Å². The normalized spacial score (nSPS) is 10.7. The molecule has 0 bridgehead atoms. The van der Waals surface area contributed by atoms with E-state index in [-0.39, 0.29) is 18.8 Å². The summed E-state index contributed by atoms with van der Waals surface area (Å²) in [6, 6.07) is 18.2. The Morgan fingerprint density at radius 3 is 2.37 bits per heavy atom. The van der Waals surface area contributed by atoms with Gasteiger partial charge < -0.3 is 15.2 Å². The van der Waals surface area contributed by atoms with Crippen LogP contribution in [0.3, 0.4) is 0 Å². The first-order valence-electron chi connectivity index (χ1n) is 10.7. The lowest BCUT2D eigenvalue weighted by Crippen LogP contribution is -2.40.